The fourth-order valence-electron chi connectivity index (χ4n) is 3.32. The summed E-state index contributed by atoms with van der Waals surface area (Å²) in [6.45, 7) is 2.02. The predicted octanol–water partition coefficient (Wildman–Crippen LogP) is 6.49. The quantitative estimate of drug-likeness (QED) is 0.363. The van der Waals surface area contributed by atoms with Crippen molar-refractivity contribution in [3.8, 4) is 22.6 Å². The Labute approximate surface area is 155 Å². The molecule has 124 valence electrons. The molecule has 2 aromatic heterocycles. The average molecular weight is 352 g/mol. The number of thiophene rings is 1. The average Bonchev–Trinajstić information content (AvgIpc) is 3.06. The Bertz CT molecular complexity index is 1240. The van der Waals surface area contributed by atoms with Gasteiger partial charge in [-0.3, -0.25) is 0 Å². The van der Waals surface area contributed by atoms with E-state index in [1.54, 1.807) is 0 Å². The third kappa shape index (κ3) is 2.57. The Morgan fingerprint density at radius 2 is 1.42 bits per heavy atom. The van der Waals surface area contributed by atoms with Crippen LogP contribution in [0, 0.1) is 6.92 Å². The van der Waals surface area contributed by atoms with Crippen molar-refractivity contribution in [1.82, 2.24) is 9.97 Å². The molecule has 2 heterocycles. The zero-order valence-electron chi connectivity index (χ0n) is 14.3. The molecule has 0 fully saturated rings. The first-order chi connectivity index (χ1) is 12.8. The van der Waals surface area contributed by atoms with E-state index in [-0.39, 0.29) is 0 Å². The van der Waals surface area contributed by atoms with Crippen LogP contribution >= 0.6 is 11.3 Å². The molecule has 0 atom stereocenters. The molecule has 3 aromatic carbocycles. The molecule has 0 bridgehead atoms. The first kappa shape index (κ1) is 15.2. The van der Waals surface area contributed by atoms with E-state index >= 15 is 0 Å². The SMILES string of the molecule is Cc1cc(-c2ccccc2)nc(-c2ccc3sc4ccccc4c3c2)n1. The maximum atomic E-state index is 4.84. The van der Waals surface area contributed by atoms with Crippen molar-refractivity contribution in [2.45, 2.75) is 6.92 Å². The Morgan fingerprint density at radius 1 is 0.654 bits per heavy atom. The predicted molar refractivity (Wildman–Crippen MR) is 111 cm³/mol. The number of hydrogen-bond acceptors (Lipinski definition) is 3. The van der Waals surface area contributed by atoms with Gasteiger partial charge in [0.15, 0.2) is 5.82 Å². The molecule has 2 nitrogen and oxygen atoms in total. The number of fused-ring (bicyclic) bond motifs is 3. The molecule has 0 unspecified atom stereocenters. The molecule has 0 amide bonds. The molecular weight excluding hydrogens is 336 g/mol. The van der Waals surface area contributed by atoms with Gasteiger partial charge in [-0.15, -0.1) is 11.3 Å². The van der Waals surface area contributed by atoms with Crippen LogP contribution < -0.4 is 0 Å². The Kier molecular flexibility index (Phi) is 3.54. The molecule has 5 rings (SSSR count). The first-order valence-corrected chi connectivity index (χ1v) is 9.42. The van der Waals surface area contributed by atoms with Gasteiger partial charge < -0.3 is 0 Å². The van der Waals surface area contributed by atoms with E-state index in [4.69, 9.17) is 9.97 Å². The molecular formula is C23H16N2S. The van der Waals surface area contributed by atoms with Crippen LogP contribution in [0.25, 0.3) is 42.8 Å². The summed E-state index contributed by atoms with van der Waals surface area (Å²) in [5, 5.41) is 2.57. The van der Waals surface area contributed by atoms with E-state index in [1.807, 2.05) is 42.5 Å². The van der Waals surface area contributed by atoms with Gasteiger partial charge in [0.2, 0.25) is 0 Å². The van der Waals surface area contributed by atoms with E-state index < -0.39 is 0 Å². The van der Waals surface area contributed by atoms with Crippen LogP contribution in [0.5, 0.6) is 0 Å². The summed E-state index contributed by atoms with van der Waals surface area (Å²) >= 11 is 1.83. The van der Waals surface area contributed by atoms with Crippen molar-refractivity contribution in [3.05, 3.63) is 84.6 Å². The molecule has 0 aliphatic heterocycles. The highest BCUT2D eigenvalue weighted by Gasteiger charge is 2.10. The second kappa shape index (κ2) is 6.04. The highest BCUT2D eigenvalue weighted by Crippen LogP contribution is 2.35. The zero-order valence-corrected chi connectivity index (χ0v) is 15.1. The Hall–Kier alpha value is -3.04. The van der Waals surface area contributed by atoms with Crippen LogP contribution in [0.4, 0.5) is 0 Å². The summed E-state index contributed by atoms with van der Waals surface area (Å²) in [6.07, 6.45) is 0. The second-order valence-corrected chi connectivity index (χ2v) is 7.48. The lowest BCUT2D eigenvalue weighted by Gasteiger charge is -2.07. The number of benzene rings is 3. The lowest BCUT2D eigenvalue weighted by atomic mass is 10.1. The van der Waals surface area contributed by atoms with Crippen molar-refractivity contribution in [2.75, 3.05) is 0 Å². The van der Waals surface area contributed by atoms with E-state index in [0.717, 1.165) is 28.3 Å². The zero-order chi connectivity index (χ0) is 17.5. The third-order valence-electron chi connectivity index (χ3n) is 4.56. The summed E-state index contributed by atoms with van der Waals surface area (Å²) in [4.78, 5) is 9.53. The van der Waals surface area contributed by atoms with Crippen molar-refractivity contribution in [1.29, 1.82) is 0 Å². The summed E-state index contributed by atoms with van der Waals surface area (Å²) in [7, 11) is 0. The van der Waals surface area contributed by atoms with Gasteiger partial charge in [-0.25, -0.2) is 9.97 Å². The van der Waals surface area contributed by atoms with Gasteiger partial charge >= 0.3 is 0 Å². The molecule has 0 aliphatic rings. The molecule has 0 radical (unpaired) electrons. The van der Waals surface area contributed by atoms with E-state index in [9.17, 15) is 0 Å². The van der Waals surface area contributed by atoms with E-state index in [0.29, 0.717) is 0 Å². The van der Waals surface area contributed by atoms with Crippen LogP contribution in [0.15, 0.2) is 78.9 Å². The number of nitrogens with zero attached hydrogens (tertiary/aromatic N) is 2. The topological polar surface area (TPSA) is 25.8 Å². The highest BCUT2D eigenvalue weighted by atomic mass is 32.1. The van der Waals surface area contributed by atoms with Gasteiger partial charge in [0.1, 0.15) is 0 Å². The second-order valence-electron chi connectivity index (χ2n) is 6.39. The van der Waals surface area contributed by atoms with Crippen molar-refractivity contribution in [3.63, 3.8) is 0 Å². The van der Waals surface area contributed by atoms with Gasteiger partial charge in [0.05, 0.1) is 5.69 Å². The summed E-state index contributed by atoms with van der Waals surface area (Å²) in [5.41, 5.74) is 4.11. The minimum absolute atomic E-state index is 0.779. The Morgan fingerprint density at radius 3 is 2.31 bits per heavy atom. The van der Waals surface area contributed by atoms with Crippen LogP contribution in [0.3, 0.4) is 0 Å². The van der Waals surface area contributed by atoms with Gasteiger partial charge in [-0.1, -0.05) is 48.5 Å². The summed E-state index contributed by atoms with van der Waals surface area (Å²) < 4.78 is 2.61. The maximum absolute atomic E-state index is 4.84. The monoisotopic (exact) mass is 352 g/mol. The fourth-order valence-corrected chi connectivity index (χ4v) is 4.41. The molecule has 3 heteroatoms. The molecule has 5 aromatic rings. The number of aromatic nitrogens is 2. The Balaban J connectivity index is 1.70. The van der Waals surface area contributed by atoms with Crippen molar-refractivity contribution >= 4 is 31.5 Å². The van der Waals surface area contributed by atoms with E-state index in [1.165, 1.54) is 20.2 Å². The van der Waals surface area contributed by atoms with Crippen molar-refractivity contribution < 1.29 is 0 Å². The molecule has 0 saturated heterocycles. The lowest BCUT2D eigenvalue weighted by Crippen LogP contribution is -1.94. The number of aryl methyl sites for hydroxylation is 1. The van der Waals surface area contributed by atoms with Gasteiger partial charge in [-0.05, 0) is 37.3 Å². The minimum atomic E-state index is 0.779. The summed E-state index contributed by atoms with van der Waals surface area (Å²) in [6, 6.07) is 27.4. The van der Waals surface area contributed by atoms with Crippen LogP contribution in [0.1, 0.15) is 5.69 Å². The fraction of sp³-hybridized carbons (Fsp3) is 0.0435. The number of rotatable bonds is 2. The maximum Gasteiger partial charge on any atom is 0.160 e. The molecule has 0 saturated carbocycles. The van der Waals surface area contributed by atoms with Gasteiger partial charge in [-0.2, -0.15) is 0 Å². The smallest absolute Gasteiger partial charge is 0.160 e. The highest BCUT2D eigenvalue weighted by molar-refractivity contribution is 7.25. The summed E-state index contributed by atoms with van der Waals surface area (Å²) in [5.74, 6) is 0.779. The minimum Gasteiger partial charge on any atom is -0.233 e. The van der Waals surface area contributed by atoms with Crippen LogP contribution in [0.2, 0.25) is 0 Å². The molecule has 0 N–H and O–H groups in total. The van der Waals surface area contributed by atoms with Crippen LogP contribution in [-0.4, -0.2) is 9.97 Å². The lowest BCUT2D eigenvalue weighted by molar-refractivity contribution is 1.12. The van der Waals surface area contributed by atoms with Crippen LogP contribution in [-0.2, 0) is 0 Å². The first-order valence-electron chi connectivity index (χ1n) is 8.61. The van der Waals surface area contributed by atoms with Gasteiger partial charge in [0.25, 0.3) is 0 Å². The number of hydrogen-bond donors (Lipinski definition) is 0. The molecule has 0 spiro atoms. The van der Waals surface area contributed by atoms with Gasteiger partial charge in [0, 0.05) is 37.0 Å². The largest absolute Gasteiger partial charge is 0.233 e. The van der Waals surface area contributed by atoms with E-state index in [2.05, 4.69) is 54.6 Å². The normalized spacial score (nSPS) is 11.3. The third-order valence-corrected chi connectivity index (χ3v) is 5.71. The molecule has 26 heavy (non-hydrogen) atoms. The van der Waals surface area contributed by atoms with Crippen molar-refractivity contribution in [2.24, 2.45) is 0 Å². The molecule has 0 aliphatic carbocycles. The standard InChI is InChI=1S/C23H16N2S/c1-15-13-20(16-7-3-2-4-8-16)25-23(24-15)17-11-12-22-19(14-17)18-9-5-6-10-21(18)26-22/h2-14H,1H3.